The van der Waals surface area contributed by atoms with E-state index in [4.69, 9.17) is 4.74 Å². The van der Waals surface area contributed by atoms with Crippen molar-refractivity contribution in [1.82, 2.24) is 4.90 Å². The molecular weight excluding hydrogens is 343 g/mol. The summed E-state index contributed by atoms with van der Waals surface area (Å²) in [5.74, 6) is 0.0407. The molecule has 1 atom stereocenters. The van der Waals surface area contributed by atoms with Gasteiger partial charge in [0.15, 0.2) is 0 Å². The number of amides is 1. The molecule has 0 radical (unpaired) electrons. The molecule has 0 bridgehead atoms. The molecule has 1 fully saturated rings. The summed E-state index contributed by atoms with van der Waals surface area (Å²) in [5, 5.41) is -0.291. The zero-order valence-corrected chi connectivity index (χ0v) is 14.2. The molecule has 1 heterocycles. The fraction of sp³-hybridized carbons (Fsp3) is 0.562. The van der Waals surface area contributed by atoms with Crippen LogP contribution in [-0.4, -0.2) is 42.7 Å². The molecule has 0 aromatic heterocycles. The fourth-order valence-electron chi connectivity index (χ4n) is 2.42. The van der Waals surface area contributed by atoms with Crippen molar-refractivity contribution in [2.75, 3.05) is 25.5 Å². The van der Waals surface area contributed by atoms with E-state index < -0.39 is 6.36 Å². The van der Waals surface area contributed by atoms with E-state index in [9.17, 15) is 18.0 Å². The highest BCUT2D eigenvalue weighted by Gasteiger charge is 2.34. The Hall–Kier alpha value is -1.41. The maximum atomic E-state index is 12.4. The maximum Gasteiger partial charge on any atom is 0.573 e. The molecule has 24 heavy (non-hydrogen) atoms. The minimum atomic E-state index is -4.73. The minimum Gasteiger partial charge on any atom is -0.406 e. The van der Waals surface area contributed by atoms with Crippen LogP contribution in [0.2, 0.25) is 0 Å². The van der Waals surface area contributed by atoms with Crippen molar-refractivity contribution in [1.29, 1.82) is 0 Å². The lowest BCUT2D eigenvalue weighted by Gasteiger charge is -2.24. The lowest BCUT2D eigenvalue weighted by molar-refractivity contribution is -0.274. The normalized spacial score (nSPS) is 18.2. The summed E-state index contributed by atoms with van der Waals surface area (Å²) in [6.45, 7) is 3.78. The number of benzene rings is 1. The molecule has 2 rings (SSSR count). The van der Waals surface area contributed by atoms with E-state index in [1.165, 1.54) is 30.0 Å². The van der Waals surface area contributed by atoms with Crippen LogP contribution in [0.3, 0.4) is 0 Å². The van der Waals surface area contributed by atoms with Crippen molar-refractivity contribution < 1.29 is 27.4 Å². The van der Waals surface area contributed by atoms with Crippen LogP contribution in [-0.2, 0) is 9.53 Å². The molecule has 0 N–H and O–H groups in total. The van der Waals surface area contributed by atoms with E-state index in [2.05, 4.69) is 4.74 Å². The van der Waals surface area contributed by atoms with E-state index in [0.29, 0.717) is 37.5 Å². The van der Waals surface area contributed by atoms with Gasteiger partial charge in [-0.25, -0.2) is 0 Å². The molecule has 0 aliphatic carbocycles. The number of carbonyl (C=O) groups excluding carboxylic acids is 1. The second kappa shape index (κ2) is 8.62. The zero-order valence-electron chi connectivity index (χ0n) is 13.3. The number of alkyl halides is 3. The summed E-state index contributed by atoms with van der Waals surface area (Å²) >= 11 is 1.41. The van der Waals surface area contributed by atoms with Gasteiger partial charge in [0.05, 0.1) is 5.75 Å². The number of halogens is 3. The van der Waals surface area contributed by atoms with Crippen molar-refractivity contribution in [2.45, 2.75) is 31.5 Å². The SMILES string of the molecule is CCCOCCCN1C(=O)CSC1c1cccc(OC(F)(F)F)c1. The molecule has 1 aromatic rings. The van der Waals surface area contributed by atoms with Gasteiger partial charge in [-0.2, -0.15) is 0 Å². The third-order valence-electron chi connectivity index (χ3n) is 3.38. The standard InChI is InChI=1S/C16H20F3NO3S/c1-2-8-22-9-4-7-20-14(21)11-24-15(20)12-5-3-6-13(10-12)23-16(17,18)19/h3,5-6,10,15H,2,4,7-9,11H2,1H3. The van der Waals surface area contributed by atoms with Crippen LogP contribution in [0.4, 0.5) is 13.2 Å². The molecular formula is C16H20F3NO3S. The zero-order chi connectivity index (χ0) is 17.6. The summed E-state index contributed by atoms with van der Waals surface area (Å²) in [6.07, 6.45) is -3.10. The third kappa shape index (κ3) is 5.59. The van der Waals surface area contributed by atoms with Crippen molar-refractivity contribution in [3.8, 4) is 5.75 Å². The first kappa shape index (κ1) is 18.9. The number of hydrogen-bond acceptors (Lipinski definition) is 4. The van der Waals surface area contributed by atoms with Gasteiger partial charge >= 0.3 is 6.36 Å². The molecule has 1 amide bonds. The molecule has 134 valence electrons. The first-order valence-electron chi connectivity index (χ1n) is 7.75. The van der Waals surface area contributed by atoms with E-state index in [1.807, 2.05) is 6.92 Å². The Morgan fingerprint density at radius 1 is 1.33 bits per heavy atom. The lowest BCUT2D eigenvalue weighted by Crippen LogP contribution is -2.30. The average Bonchev–Trinajstić information content (AvgIpc) is 2.87. The number of ether oxygens (including phenoxy) is 2. The van der Waals surface area contributed by atoms with Gasteiger partial charge in [0.25, 0.3) is 0 Å². The van der Waals surface area contributed by atoms with Crippen LogP contribution >= 0.6 is 11.8 Å². The molecule has 1 unspecified atom stereocenters. The molecule has 1 saturated heterocycles. The Balaban J connectivity index is 2.00. The molecule has 0 spiro atoms. The van der Waals surface area contributed by atoms with Crippen LogP contribution in [0.15, 0.2) is 24.3 Å². The Morgan fingerprint density at radius 2 is 2.12 bits per heavy atom. The Kier molecular flexibility index (Phi) is 6.79. The predicted molar refractivity (Wildman–Crippen MR) is 85.8 cm³/mol. The first-order valence-corrected chi connectivity index (χ1v) is 8.80. The highest BCUT2D eigenvalue weighted by Crippen LogP contribution is 2.40. The van der Waals surface area contributed by atoms with Crippen molar-refractivity contribution >= 4 is 17.7 Å². The van der Waals surface area contributed by atoms with Gasteiger partial charge in [0, 0.05) is 19.8 Å². The van der Waals surface area contributed by atoms with Crippen LogP contribution in [0.25, 0.3) is 0 Å². The third-order valence-corrected chi connectivity index (χ3v) is 4.64. The lowest BCUT2D eigenvalue weighted by atomic mass is 10.2. The number of hydrogen-bond donors (Lipinski definition) is 0. The summed E-state index contributed by atoms with van der Waals surface area (Å²) in [4.78, 5) is 13.7. The predicted octanol–water partition coefficient (Wildman–Crippen LogP) is 3.98. The second-order valence-corrected chi connectivity index (χ2v) is 6.41. The molecule has 1 aliphatic rings. The van der Waals surface area contributed by atoms with Gasteiger partial charge in [-0.1, -0.05) is 19.1 Å². The number of rotatable bonds is 8. The van der Waals surface area contributed by atoms with Gasteiger partial charge in [-0.05, 0) is 30.5 Å². The molecule has 1 aliphatic heterocycles. The van der Waals surface area contributed by atoms with E-state index in [-0.39, 0.29) is 17.0 Å². The molecule has 0 saturated carbocycles. The fourth-order valence-corrected chi connectivity index (χ4v) is 3.63. The highest BCUT2D eigenvalue weighted by atomic mass is 32.2. The summed E-state index contributed by atoms with van der Waals surface area (Å²) in [5.41, 5.74) is 0.627. The van der Waals surface area contributed by atoms with E-state index in [1.54, 1.807) is 11.0 Å². The van der Waals surface area contributed by atoms with Gasteiger partial charge < -0.3 is 14.4 Å². The topological polar surface area (TPSA) is 38.8 Å². The summed E-state index contributed by atoms with van der Waals surface area (Å²) in [7, 11) is 0. The smallest absolute Gasteiger partial charge is 0.406 e. The Bertz CT molecular complexity index is 554. The second-order valence-electron chi connectivity index (χ2n) is 5.34. The first-order chi connectivity index (χ1) is 11.4. The molecule has 4 nitrogen and oxygen atoms in total. The number of carbonyl (C=O) groups is 1. The van der Waals surface area contributed by atoms with Crippen LogP contribution in [0, 0.1) is 0 Å². The monoisotopic (exact) mass is 363 g/mol. The summed E-state index contributed by atoms with van der Waals surface area (Å²) in [6, 6.07) is 5.80. The quantitative estimate of drug-likeness (QED) is 0.655. The molecule has 8 heteroatoms. The largest absolute Gasteiger partial charge is 0.573 e. The van der Waals surface area contributed by atoms with Crippen molar-refractivity contribution in [3.05, 3.63) is 29.8 Å². The van der Waals surface area contributed by atoms with Crippen molar-refractivity contribution in [2.24, 2.45) is 0 Å². The minimum absolute atomic E-state index is 0.0114. The van der Waals surface area contributed by atoms with Gasteiger partial charge in [0.2, 0.25) is 5.91 Å². The van der Waals surface area contributed by atoms with E-state index >= 15 is 0 Å². The number of nitrogens with zero attached hydrogens (tertiary/aromatic N) is 1. The number of thioether (sulfide) groups is 1. The van der Waals surface area contributed by atoms with Gasteiger partial charge in [0.1, 0.15) is 11.1 Å². The Morgan fingerprint density at radius 3 is 2.83 bits per heavy atom. The van der Waals surface area contributed by atoms with Gasteiger partial charge in [-0.3, -0.25) is 4.79 Å². The summed E-state index contributed by atoms with van der Waals surface area (Å²) < 4.78 is 46.4. The van der Waals surface area contributed by atoms with Crippen LogP contribution in [0.1, 0.15) is 30.7 Å². The highest BCUT2D eigenvalue weighted by molar-refractivity contribution is 8.00. The van der Waals surface area contributed by atoms with Crippen LogP contribution < -0.4 is 4.74 Å². The van der Waals surface area contributed by atoms with Gasteiger partial charge in [-0.15, -0.1) is 24.9 Å². The average molecular weight is 363 g/mol. The van der Waals surface area contributed by atoms with Crippen molar-refractivity contribution in [3.63, 3.8) is 0 Å². The van der Waals surface area contributed by atoms with E-state index in [0.717, 1.165) is 6.42 Å². The molecule has 1 aromatic carbocycles. The van der Waals surface area contributed by atoms with Crippen LogP contribution in [0.5, 0.6) is 5.75 Å². The maximum absolute atomic E-state index is 12.4. The Labute approximate surface area is 143 Å².